The van der Waals surface area contributed by atoms with Crippen molar-refractivity contribution in [1.82, 2.24) is 19.6 Å². The molecular weight excluding hydrogens is 426 g/mol. The molecule has 0 radical (unpaired) electrons. The van der Waals surface area contributed by atoms with Gasteiger partial charge in [0.1, 0.15) is 5.75 Å². The van der Waals surface area contributed by atoms with Crippen LogP contribution in [0.15, 0.2) is 24.3 Å². The summed E-state index contributed by atoms with van der Waals surface area (Å²) in [6, 6.07) is 8.87. The molecule has 1 aromatic heterocycles. The molecule has 1 atom stereocenters. The molecule has 0 saturated carbocycles. The topological polar surface area (TPSA) is 53.8 Å². The van der Waals surface area contributed by atoms with Gasteiger partial charge in [-0.25, -0.2) is 0 Å². The average Bonchev–Trinajstić information content (AvgIpc) is 3.53. The Balaban J connectivity index is 1.29. The number of piperazine rings is 1. The van der Waals surface area contributed by atoms with Crippen molar-refractivity contribution in [1.29, 1.82) is 0 Å². The molecule has 184 valence electrons. The fourth-order valence-corrected chi connectivity index (χ4v) is 5.94. The van der Waals surface area contributed by atoms with Gasteiger partial charge in [0.15, 0.2) is 5.69 Å². The lowest BCUT2D eigenvalue weighted by atomic mass is 9.89. The van der Waals surface area contributed by atoms with Gasteiger partial charge in [0.25, 0.3) is 5.91 Å². The third kappa shape index (κ3) is 4.54. The molecule has 1 aliphatic carbocycles. The number of carbonyl (C=O) groups is 1. The number of benzene rings is 1. The zero-order valence-corrected chi connectivity index (χ0v) is 20.8. The van der Waals surface area contributed by atoms with Crippen LogP contribution in [0.5, 0.6) is 5.75 Å². The van der Waals surface area contributed by atoms with Crippen molar-refractivity contribution >= 4 is 11.6 Å². The Morgan fingerprint density at radius 1 is 1.06 bits per heavy atom. The van der Waals surface area contributed by atoms with E-state index in [2.05, 4.69) is 39.6 Å². The molecule has 1 unspecified atom stereocenters. The SMILES string of the molecule is CCCn1nc(C(=O)N2CCCC2)c2c1CCC(N1CCN(c3ccccc3OCC)CC1)C2. The monoisotopic (exact) mass is 465 g/mol. The van der Waals surface area contributed by atoms with E-state index in [9.17, 15) is 4.79 Å². The van der Waals surface area contributed by atoms with E-state index in [0.717, 1.165) is 95.8 Å². The van der Waals surface area contributed by atoms with Gasteiger partial charge < -0.3 is 14.5 Å². The maximum atomic E-state index is 13.3. The van der Waals surface area contributed by atoms with Gasteiger partial charge in [0, 0.05) is 63.1 Å². The number of hydrogen-bond donors (Lipinski definition) is 0. The van der Waals surface area contributed by atoms with Crippen molar-refractivity contribution in [2.24, 2.45) is 0 Å². The van der Waals surface area contributed by atoms with E-state index in [4.69, 9.17) is 9.84 Å². The molecule has 2 aliphatic heterocycles. The van der Waals surface area contributed by atoms with Gasteiger partial charge >= 0.3 is 0 Å². The first-order valence-corrected chi connectivity index (χ1v) is 13.3. The molecule has 5 rings (SSSR count). The number of aryl methyl sites for hydroxylation is 1. The van der Waals surface area contributed by atoms with Crippen molar-refractivity contribution < 1.29 is 9.53 Å². The van der Waals surface area contributed by atoms with Gasteiger partial charge in [-0.2, -0.15) is 5.10 Å². The lowest BCUT2D eigenvalue weighted by Crippen LogP contribution is -2.52. The third-order valence-electron chi connectivity index (χ3n) is 7.69. The minimum atomic E-state index is 0.154. The number of hydrogen-bond acceptors (Lipinski definition) is 5. The number of carbonyl (C=O) groups excluding carboxylic acids is 1. The second kappa shape index (κ2) is 10.4. The van der Waals surface area contributed by atoms with Gasteiger partial charge in [0.2, 0.25) is 0 Å². The second-order valence-electron chi connectivity index (χ2n) is 9.82. The molecule has 34 heavy (non-hydrogen) atoms. The van der Waals surface area contributed by atoms with Crippen molar-refractivity contribution in [2.45, 2.75) is 65.0 Å². The van der Waals surface area contributed by atoms with Crippen LogP contribution in [0.1, 0.15) is 61.3 Å². The van der Waals surface area contributed by atoms with E-state index in [0.29, 0.717) is 12.6 Å². The summed E-state index contributed by atoms with van der Waals surface area (Å²) in [6.07, 6.45) is 6.39. The van der Waals surface area contributed by atoms with Crippen LogP contribution in [0.25, 0.3) is 0 Å². The summed E-state index contributed by atoms with van der Waals surface area (Å²) in [5.41, 5.74) is 4.48. The highest BCUT2D eigenvalue weighted by molar-refractivity contribution is 5.94. The van der Waals surface area contributed by atoms with E-state index in [1.54, 1.807) is 0 Å². The van der Waals surface area contributed by atoms with E-state index < -0.39 is 0 Å². The number of rotatable bonds is 7. The van der Waals surface area contributed by atoms with Gasteiger partial charge in [0.05, 0.1) is 12.3 Å². The first kappa shape index (κ1) is 23.2. The molecule has 1 amide bonds. The first-order valence-electron chi connectivity index (χ1n) is 13.3. The van der Waals surface area contributed by atoms with Crippen LogP contribution in [0.2, 0.25) is 0 Å². The first-order chi connectivity index (χ1) is 16.7. The van der Waals surface area contributed by atoms with Crippen LogP contribution in [-0.4, -0.2) is 77.4 Å². The normalized spacial score (nSPS) is 21.1. The summed E-state index contributed by atoms with van der Waals surface area (Å²) in [4.78, 5) is 20.4. The molecule has 3 aliphatic rings. The maximum absolute atomic E-state index is 13.3. The van der Waals surface area contributed by atoms with Crippen LogP contribution < -0.4 is 9.64 Å². The highest BCUT2D eigenvalue weighted by Crippen LogP contribution is 2.32. The van der Waals surface area contributed by atoms with E-state index in [1.165, 1.54) is 16.9 Å². The number of fused-ring (bicyclic) bond motifs is 1. The molecule has 7 nitrogen and oxygen atoms in total. The van der Waals surface area contributed by atoms with Crippen LogP contribution in [0, 0.1) is 0 Å². The Morgan fingerprint density at radius 2 is 1.82 bits per heavy atom. The summed E-state index contributed by atoms with van der Waals surface area (Å²) in [5, 5.41) is 4.87. The number of aromatic nitrogens is 2. The van der Waals surface area contributed by atoms with Gasteiger partial charge in [-0.3, -0.25) is 14.4 Å². The lowest BCUT2D eigenvalue weighted by molar-refractivity contribution is 0.0784. The number of para-hydroxylation sites is 2. The second-order valence-corrected chi connectivity index (χ2v) is 9.82. The molecule has 3 heterocycles. The highest BCUT2D eigenvalue weighted by Gasteiger charge is 2.34. The van der Waals surface area contributed by atoms with E-state index in [-0.39, 0.29) is 5.91 Å². The molecule has 0 bridgehead atoms. The third-order valence-corrected chi connectivity index (χ3v) is 7.69. The van der Waals surface area contributed by atoms with Crippen LogP contribution in [-0.2, 0) is 19.4 Å². The van der Waals surface area contributed by atoms with Crippen LogP contribution >= 0.6 is 0 Å². The van der Waals surface area contributed by atoms with E-state index >= 15 is 0 Å². The summed E-state index contributed by atoms with van der Waals surface area (Å²) in [6.45, 7) is 11.7. The van der Waals surface area contributed by atoms with Crippen molar-refractivity contribution in [3.05, 3.63) is 41.2 Å². The van der Waals surface area contributed by atoms with Crippen molar-refractivity contribution in [2.75, 3.05) is 50.8 Å². The number of ether oxygens (including phenoxy) is 1. The quantitative estimate of drug-likeness (QED) is 0.625. The molecule has 1 aromatic carbocycles. The summed E-state index contributed by atoms with van der Waals surface area (Å²) < 4.78 is 8.01. The Morgan fingerprint density at radius 3 is 2.56 bits per heavy atom. The molecule has 2 saturated heterocycles. The smallest absolute Gasteiger partial charge is 0.274 e. The summed E-state index contributed by atoms with van der Waals surface area (Å²) in [5.74, 6) is 1.13. The van der Waals surface area contributed by atoms with Crippen LogP contribution in [0.3, 0.4) is 0 Å². The maximum Gasteiger partial charge on any atom is 0.274 e. The Labute approximate surface area is 203 Å². The number of amides is 1. The Kier molecular flexibility index (Phi) is 7.09. The molecule has 2 aromatic rings. The molecule has 2 fully saturated rings. The molecule has 7 heteroatoms. The lowest BCUT2D eigenvalue weighted by Gasteiger charge is -2.42. The Bertz CT molecular complexity index is 989. The highest BCUT2D eigenvalue weighted by atomic mass is 16.5. The summed E-state index contributed by atoms with van der Waals surface area (Å²) >= 11 is 0. The Hall–Kier alpha value is -2.54. The van der Waals surface area contributed by atoms with Gasteiger partial charge in [-0.15, -0.1) is 0 Å². The van der Waals surface area contributed by atoms with Gasteiger partial charge in [-0.1, -0.05) is 19.1 Å². The minimum Gasteiger partial charge on any atom is -0.492 e. The molecule has 0 spiro atoms. The van der Waals surface area contributed by atoms with Gasteiger partial charge in [-0.05, 0) is 57.6 Å². The predicted molar refractivity (Wildman–Crippen MR) is 135 cm³/mol. The standard InChI is InChI=1S/C27H39N5O2/c1-3-13-32-23-12-11-21(20-22(23)26(28-32)27(33)31-14-7-8-15-31)29-16-18-30(19-17-29)24-9-5-6-10-25(24)34-4-2/h5-6,9-10,21H,3-4,7-8,11-20H2,1-2H3. The predicted octanol–water partition coefficient (Wildman–Crippen LogP) is 3.61. The largest absolute Gasteiger partial charge is 0.492 e. The average molecular weight is 466 g/mol. The fraction of sp³-hybridized carbons (Fsp3) is 0.630. The summed E-state index contributed by atoms with van der Waals surface area (Å²) in [7, 11) is 0. The fourth-order valence-electron chi connectivity index (χ4n) is 5.94. The number of nitrogens with zero attached hydrogens (tertiary/aromatic N) is 5. The zero-order chi connectivity index (χ0) is 23.5. The van der Waals surface area contributed by atoms with Crippen LogP contribution in [0.4, 0.5) is 5.69 Å². The van der Waals surface area contributed by atoms with Crippen molar-refractivity contribution in [3.63, 3.8) is 0 Å². The van der Waals surface area contributed by atoms with E-state index in [1.807, 2.05) is 17.9 Å². The number of likely N-dealkylation sites (tertiary alicyclic amines) is 1. The zero-order valence-electron chi connectivity index (χ0n) is 20.8. The van der Waals surface area contributed by atoms with Crippen molar-refractivity contribution in [3.8, 4) is 5.75 Å². The number of anilines is 1. The molecule has 0 N–H and O–H groups in total. The molecular formula is C27H39N5O2. The minimum absolute atomic E-state index is 0.154.